The van der Waals surface area contributed by atoms with Crippen molar-refractivity contribution in [2.75, 3.05) is 5.32 Å². The first kappa shape index (κ1) is 11.0. The van der Waals surface area contributed by atoms with Crippen LogP contribution < -0.4 is 5.32 Å². The van der Waals surface area contributed by atoms with E-state index in [1.807, 2.05) is 6.07 Å². The molecule has 0 atom stereocenters. The summed E-state index contributed by atoms with van der Waals surface area (Å²) >= 11 is 5.81. The lowest BCUT2D eigenvalue weighted by molar-refractivity contribution is 1.14. The molecule has 0 aliphatic heterocycles. The molecule has 0 unspecified atom stereocenters. The number of nitrogens with zero attached hydrogens (tertiary/aromatic N) is 1. The van der Waals surface area contributed by atoms with Crippen molar-refractivity contribution in [3.05, 3.63) is 53.3 Å². The highest BCUT2D eigenvalue weighted by atomic mass is 35.5. The van der Waals surface area contributed by atoms with Crippen molar-refractivity contribution in [1.82, 2.24) is 4.98 Å². The normalized spacial score (nSPS) is 10.1. The summed E-state index contributed by atoms with van der Waals surface area (Å²) in [5, 5.41) is 3.77. The minimum absolute atomic E-state index is 0.496. The number of hydrogen-bond acceptors (Lipinski definition) is 2. The van der Waals surface area contributed by atoms with Gasteiger partial charge in [0.25, 0.3) is 0 Å². The van der Waals surface area contributed by atoms with Crippen molar-refractivity contribution >= 4 is 23.0 Å². The van der Waals surface area contributed by atoms with E-state index in [2.05, 4.69) is 41.5 Å². The molecule has 1 N–H and O–H groups in total. The van der Waals surface area contributed by atoms with Crippen LogP contribution in [-0.2, 0) is 6.42 Å². The Bertz CT molecular complexity index is 466. The van der Waals surface area contributed by atoms with Gasteiger partial charge in [-0.15, -0.1) is 0 Å². The molecule has 1 aromatic carbocycles. The van der Waals surface area contributed by atoms with Crippen LogP contribution in [0.2, 0.25) is 5.15 Å². The molecule has 0 fully saturated rings. The van der Waals surface area contributed by atoms with Gasteiger partial charge >= 0.3 is 0 Å². The van der Waals surface area contributed by atoms with E-state index in [-0.39, 0.29) is 0 Å². The number of aryl methyl sites for hydroxylation is 1. The first-order valence-electron chi connectivity index (χ1n) is 5.25. The molecule has 16 heavy (non-hydrogen) atoms. The Labute approximate surface area is 100 Å². The molecule has 1 heterocycles. The predicted molar refractivity (Wildman–Crippen MR) is 68.3 cm³/mol. The molecule has 2 rings (SSSR count). The molecular weight excluding hydrogens is 220 g/mol. The predicted octanol–water partition coefficient (Wildman–Crippen LogP) is 4.04. The summed E-state index contributed by atoms with van der Waals surface area (Å²) in [7, 11) is 0. The summed E-state index contributed by atoms with van der Waals surface area (Å²) in [5.74, 6) is 0. The van der Waals surface area contributed by atoms with E-state index in [0.29, 0.717) is 5.15 Å². The van der Waals surface area contributed by atoms with Crippen LogP contribution in [0.5, 0.6) is 0 Å². The molecule has 1 aromatic heterocycles. The minimum atomic E-state index is 0.496. The van der Waals surface area contributed by atoms with E-state index in [1.54, 1.807) is 12.3 Å². The van der Waals surface area contributed by atoms with Crippen LogP contribution >= 0.6 is 11.6 Å². The lowest BCUT2D eigenvalue weighted by Crippen LogP contribution is -1.91. The number of hydrogen-bond donors (Lipinski definition) is 1. The van der Waals surface area contributed by atoms with Crippen LogP contribution in [0.3, 0.4) is 0 Å². The molecule has 3 heteroatoms. The monoisotopic (exact) mass is 232 g/mol. The van der Waals surface area contributed by atoms with Crippen molar-refractivity contribution in [3.8, 4) is 0 Å². The van der Waals surface area contributed by atoms with Crippen LogP contribution in [0.15, 0.2) is 42.6 Å². The lowest BCUT2D eigenvalue weighted by Gasteiger charge is -2.06. The molecule has 0 radical (unpaired) electrons. The summed E-state index contributed by atoms with van der Waals surface area (Å²) in [6.07, 6.45) is 2.74. The molecule has 0 aliphatic carbocycles. The fraction of sp³-hybridized carbons (Fsp3) is 0.154. The Morgan fingerprint density at radius 2 is 1.88 bits per heavy atom. The fourth-order valence-electron chi connectivity index (χ4n) is 1.47. The standard InChI is InChI=1S/C13H13ClN2/c1-2-10-3-5-11(6-4-10)16-12-7-8-15-13(14)9-12/h3-9H,2H2,1H3,(H,15,16). The summed E-state index contributed by atoms with van der Waals surface area (Å²) in [5.41, 5.74) is 3.34. The molecule has 0 saturated carbocycles. The largest absolute Gasteiger partial charge is 0.355 e. The van der Waals surface area contributed by atoms with Gasteiger partial charge in [-0.05, 0) is 36.2 Å². The number of nitrogens with one attached hydrogen (secondary N) is 1. The van der Waals surface area contributed by atoms with E-state index in [0.717, 1.165) is 17.8 Å². The maximum atomic E-state index is 5.81. The molecule has 0 saturated heterocycles. The first-order chi connectivity index (χ1) is 7.78. The first-order valence-corrected chi connectivity index (χ1v) is 5.63. The maximum absolute atomic E-state index is 5.81. The number of aromatic nitrogens is 1. The van der Waals surface area contributed by atoms with Crippen molar-refractivity contribution in [2.24, 2.45) is 0 Å². The number of benzene rings is 1. The molecule has 82 valence electrons. The van der Waals surface area contributed by atoms with Crippen molar-refractivity contribution in [1.29, 1.82) is 0 Å². The Morgan fingerprint density at radius 1 is 1.12 bits per heavy atom. The molecular formula is C13H13ClN2. The van der Waals surface area contributed by atoms with Gasteiger partial charge in [-0.2, -0.15) is 0 Å². The highest BCUT2D eigenvalue weighted by Crippen LogP contribution is 2.18. The number of anilines is 2. The Kier molecular flexibility index (Phi) is 3.42. The SMILES string of the molecule is CCc1ccc(Nc2ccnc(Cl)c2)cc1. The highest BCUT2D eigenvalue weighted by molar-refractivity contribution is 6.29. The second-order valence-electron chi connectivity index (χ2n) is 3.54. The maximum Gasteiger partial charge on any atom is 0.131 e. The Balaban J connectivity index is 2.14. The van der Waals surface area contributed by atoms with E-state index in [1.165, 1.54) is 5.56 Å². The third kappa shape index (κ3) is 2.74. The molecule has 2 nitrogen and oxygen atoms in total. The molecule has 0 spiro atoms. The van der Waals surface area contributed by atoms with E-state index in [9.17, 15) is 0 Å². The Hall–Kier alpha value is -1.54. The van der Waals surface area contributed by atoms with Crippen LogP contribution in [-0.4, -0.2) is 4.98 Å². The van der Waals surface area contributed by atoms with Crippen molar-refractivity contribution in [3.63, 3.8) is 0 Å². The van der Waals surface area contributed by atoms with Gasteiger partial charge in [0, 0.05) is 17.6 Å². The zero-order valence-electron chi connectivity index (χ0n) is 9.07. The molecule has 0 aliphatic rings. The van der Waals surface area contributed by atoms with Gasteiger partial charge in [-0.3, -0.25) is 0 Å². The van der Waals surface area contributed by atoms with Crippen LogP contribution in [0, 0.1) is 0 Å². The zero-order chi connectivity index (χ0) is 11.4. The minimum Gasteiger partial charge on any atom is -0.355 e. The van der Waals surface area contributed by atoms with Gasteiger partial charge in [0.15, 0.2) is 0 Å². The Morgan fingerprint density at radius 3 is 2.50 bits per heavy atom. The summed E-state index contributed by atoms with van der Waals surface area (Å²) in [6.45, 7) is 2.14. The quantitative estimate of drug-likeness (QED) is 0.808. The van der Waals surface area contributed by atoms with Gasteiger partial charge in [0.05, 0.1) is 0 Å². The second-order valence-corrected chi connectivity index (χ2v) is 3.93. The van der Waals surface area contributed by atoms with E-state index in [4.69, 9.17) is 11.6 Å². The van der Waals surface area contributed by atoms with Crippen LogP contribution in [0.4, 0.5) is 11.4 Å². The van der Waals surface area contributed by atoms with Gasteiger partial charge in [-0.1, -0.05) is 30.7 Å². The number of rotatable bonds is 3. The van der Waals surface area contributed by atoms with Gasteiger partial charge in [-0.25, -0.2) is 4.98 Å². The molecule has 0 amide bonds. The third-order valence-electron chi connectivity index (χ3n) is 2.38. The smallest absolute Gasteiger partial charge is 0.131 e. The second kappa shape index (κ2) is 4.99. The average Bonchev–Trinajstić information content (AvgIpc) is 2.30. The summed E-state index contributed by atoms with van der Waals surface area (Å²) < 4.78 is 0. The topological polar surface area (TPSA) is 24.9 Å². The average molecular weight is 233 g/mol. The van der Waals surface area contributed by atoms with Gasteiger partial charge in [0.2, 0.25) is 0 Å². The fourth-order valence-corrected chi connectivity index (χ4v) is 1.64. The highest BCUT2D eigenvalue weighted by Gasteiger charge is 1.96. The lowest BCUT2D eigenvalue weighted by atomic mass is 10.1. The van der Waals surface area contributed by atoms with E-state index < -0.39 is 0 Å². The molecule has 2 aromatic rings. The molecule has 0 bridgehead atoms. The van der Waals surface area contributed by atoms with E-state index >= 15 is 0 Å². The number of halogens is 1. The number of pyridine rings is 1. The summed E-state index contributed by atoms with van der Waals surface area (Å²) in [4.78, 5) is 3.93. The third-order valence-corrected chi connectivity index (χ3v) is 2.58. The van der Waals surface area contributed by atoms with Crippen LogP contribution in [0.1, 0.15) is 12.5 Å². The van der Waals surface area contributed by atoms with Crippen molar-refractivity contribution < 1.29 is 0 Å². The van der Waals surface area contributed by atoms with Crippen LogP contribution in [0.25, 0.3) is 0 Å². The van der Waals surface area contributed by atoms with Gasteiger partial charge < -0.3 is 5.32 Å². The zero-order valence-corrected chi connectivity index (χ0v) is 9.83. The summed E-state index contributed by atoms with van der Waals surface area (Å²) in [6, 6.07) is 12.0. The van der Waals surface area contributed by atoms with Gasteiger partial charge in [0.1, 0.15) is 5.15 Å². The van der Waals surface area contributed by atoms with Crippen molar-refractivity contribution in [2.45, 2.75) is 13.3 Å².